The molecule has 0 aliphatic heterocycles. The molecule has 0 bridgehead atoms. The van der Waals surface area contributed by atoms with Gasteiger partial charge in [0.25, 0.3) is 0 Å². The van der Waals surface area contributed by atoms with E-state index in [9.17, 15) is 8.78 Å². The van der Waals surface area contributed by atoms with E-state index in [0.29, 0.717) is 11.1 Å². The first-order valence-electron chi connectivity index (χ1n) is 10.1. The molecule has 0 aromatic heterocycles. The maximum atomic E-state index is 14.8. The van der Waals surface area contributed by atoms with Gasteiger partial charge in [-0.15, -0.1) is 0 Å². The van der Waals surface area contributed by atoms with Crippen molar-refractivity contribution in [3.8, 4) is 0 Å². The minimum absolute atomic E-state index is 0.285. The van der Waals surface area contributed by atoms with Gasteiger partial charge in [-0.2, -0.15) is 0 Å². The molecule has 3 aromatic rings. The molecule has 30 heavy (non-hydrogen) atoms. The molecule has 0 heterocycles. The number of allylic oxidation sites excluding steroid dienone is 5. The van der Waals surface area contributed by atoms with E-state index in [1.165, 1.54) is 0 Å². The number of hydrogen-bond donors (Lipinski definition) is 0. The van der Waals surface area contributed by atoms with Crippen LogP contribution in [-0.2, 0) is 11.8 Å². The summed E-state index contributed by atoms with van der Waals surface area (Å²) in [6.45, 7) is 7.89. The third-order valence-electron chi connectivity index (χ3n) is 6.00. The Labute approximate surface area is 176 Å². The van der Waals surface area contributed by atoms with E-state index >= 15 is 0 Å². The fraction of sp³-hybridized carbons (Fsp3) is 0.143. The van der Waals surface area contributed by atoms with Crippen molar-refractivity contribution in [3.63, 3.8) is 0 Å². The predicted molar refractivity (Wildman–Crippen MR) is 120 cm³/mol. The molecule has 0 saturated heterocycles. The van der Waals surface area contributed by atoms with Crippen LogP contribution in [0.2, 0.25) is 0 Å². The van der Waals surface area contributed by atoms with Crippen molar-refractivity contribution >= 4 is 0 Å². The number of rotatable bonds is 2. The fourth-order valence-electron chi connectivity index (χ4n) is 4.31. The summed E-state index contributed by atoms with van der Waals surface area (Å²) >= 11 is 0. The van der Waals surface area contributed by atoms with E-state index in [1.807, 2.05) is 48.6 Å². The minimum atomic E-state index is -0.914. The van der Waals surface area contributed by atoms with Crippen LogP contribution in [0.15, 0.2) is 97.1 Å². The maximum absolute atomic E-state index is 14.8. The first-order valence-corrected chi connectivity index (χ1v) is 10.1. The molecule has 2 heteroatoms. The predicted octanol–water partition coefficient (Wildman–Crippen LogP) is 7.14. The van der Waals surface area contributed by atoms with Crippen LogP contribution in [0.25, 0.3) is 0 Å². The topological polar surface area (TPSA) is 0 Å². The summed E-state index contributed by atoms with van der Waals surface area (Å²) in [5.41, 5.74) is 4.54. The molecule has 1 aliphatic carbocycles. The lowest BCUT2D eigenvalue weighted by molar-refractivity contribution is 0.602. The van der Waals surface area contributed by atoms with Gasteiger partial charge in [-0.3, -0.25) is 0 Å². The molecular formula is C28H24F2. The van der Waals surface area contributed by atoms with Crippen LogP contribution in [0.3, 0.4) is 0 Å². The van der Waals surface area contributed by atoms with Gasteiger partial charge in [0.05, 0.1) is 5.41 Å². The first kappa shape index (κ1) is 20.0. The highest BCUT2D eigenvalue weighted by Crippen LogP contribution is 2.47. The summed E-state index contributed by atoms with van der Waals surface area (Å²) in [6, 6.07) is 18.6. The molecule has 0 spiro atoms. The zero-order valence-corrected chi connectivity index (χ0v) is 17.3. The number of hydrogen-bond acceptors (Lipinski definition) is 0. The van der Waals surface area contributed by atoms with Gasteiger partial charge in [0.2, 0.25) is 0 Å². The number of benzene rings is 3. The van der Waals surface area contributed by atoms with E-state index in [-0.39, 0.29) is 11.6 Å². The molecule has 0 nitrogen and oxygen atoms in total. The van der Waals surface area contributed by atoms with Gasteiger partial charge in [-0.05, 0) is 71.4 Å². The standard InChI is InChI=1S/C28H24F2/c1-19-13-15-23(17-26(19)29)28(24-16-14-20(2)27(30)18-24)21(3)9-5-4-6-10-22-11-7-8-12-25(22)28/h4-9,11-18H,3,10H2,1-2H3/b6-4-,9-5-. The van der Waals surface area contributed by atoms with Crippen molar-refractivity contribution in [2.45, 2.75) is 25.7 Å². The van der Waals surface area contributed by atoms with Crippen molar-refractivity contribution < 1.29 is 8.78 Å². The highest BCUT2D eigenvalue weighted by atomic mass is 19.1. The van der Waals surface area contributed by atoms with Gasteiger partial charge in [0.1, 0.15) is 11.6 Å². The molecule has 3 aromatic carbocycles. The summed E-state index contributed by atoms with van der Waals surface area (Å²) < 4.78 is 29.6. The van der Waals surface area contributed by atoms with Crippen LogP contribution in [0.5, 0.6) is 0 Å². The zero-order chi connectivity index (χ0) is 21.3. The molecule has 0 N–H and O–H groups in total. The second kappa shape index (κ2) is 7.87. The number of fused-ring (bicyclic) bond motifs is 1. The van der Waals surface area contributed by atoms with Crippen LogP contribution >= 0.6 is 0 Å². The van der Waals surface area contributed by atoms with Gasteiger partial charge in [-0.25, -0.2) is 8.78 Å². The molecule has 1 aliphatic rings. The quantitative estimate of drug-likeness (QED) is 0.430. The molecule has 0 unspecified atom stereocenters. The lowest BCUT2D eigenvalue weighted by Crippen LogP contribution is -2.32. The minimum Gasteiger partial charge on any atom is -0.207 e. The highest BCUT2D eigenvalue weighted by Gasteiger charge is 2.40. The van der Waals surface area contributed by atoms with Crippen LogP contribution in [0.1, 0.15) is 33.4 Å². The van der Waals surface area contributed by atoms with E-state index in [4.69, 9.17) is 0 Å². The Morgan fingerprint density at radius 2 is 1.40 bits per heavy atom. The van der Waals surface area contributed by atoms with E-state index in [0.717, 1.165) is 34.2 Å². The van der Waals surface area contributed by atoms with Crippen molar-refractivity contribution in [3.05, 3.63) is 142 Å². The molecule has 0 saturated carbocycles. The summed E-state index contributed by atoms with van der Waals surface area (Å²) in [4.78, 5) is 0. The second-order valence-electron chi connectivity index (χ2n) is 7.85. The molecular weight excluding hydrogens is 374 g/mol. The lowest BCUT2D eigenvalue weighted by atomic mass is 9.63. The molecule has 4 rings (SSSR count). The summed E-state index contributed by atoms with van der Waals surface area (Å²) in [5, 5.41) is 0. The maximum Gasteiger partial charge on any atom is 0.126 e. The van der Waals surface area contributed by atoms with Crippen molar-refractivity contribution in [1.29, 1.82) is 0 Å². The molecule has 0 atom stereocenters. The van der Waals surface area contributed by atoms with Gasteiger partial charge in [0, 0.05) is 0 Å². The molecule has 0 radical (unpaired) electrons. The second-order valence-corrected chi connectivity index (χ2v) is 7.85. The SMILES string of the molecule is C=C1/C=C\C=C/Cc2ccccc2C1(c1ccc(C)c(F)c1)c1ccc(C)c(F)c1. The van der Waals surface area contributed by atoms with E-state index in [2.05, 4.69) is 18.7 Å². The van der Waals surface area contributed by atoms with Gasteiger partial charge >= 0.3 is 0 Å². The number of aryl methyl sites for hydroxylation is 2. The Morgan fingerprint density at radius 3 is 2.00 bits per heavy atom. The van der Waals surface area contributed by atoms with Crippen molar-refractivity contribution in [1.82, 2.24) is 0 Å². The summed E-state index contributed by atoms with van der Waals surface area (Å²) in [7, 11) is 0. The van der Waals surface area contributed by atoms with Crippen LogP contribution in [-0.4, -0.2) is 0 Å². The highest BCUT2D eigenvalue weighted by molar-refractivity contribution is 5.63. The third kappa shape index (κ3) is 3.23. The van der Waals surface area contributed by atoms with Crippen LogP contribution in [0.4, 0.5) is 8.78 Å². The Bertz CT molecular complexity index is 1130. The molecule has 0 fully saturated rings. The zero-order valence-electron chi connectivity index (χ0n) is 17.3. The number of halogens is 2. The average Bonchev–Trinajstić information content (AvgIpc) is 2.80. The average molecular weight is 398 g/mol. The van der Waals surface area contributed by atoms with Crippen LogP contribution < -0.4 is 0 Å². The largest absolute Gasteiger partial charge is 0.207 e. The summed E-state index contributed by atoms with van der Waals surface area (Å²) in [5.74, 6) is -0.571. The molecule has 150 valence electrons. The van der Waals surface area contributed by atoms with E-state index < -0.39 is 5.41 Å². The first-order chi connectivity index (χ1) is 14.4. The van der Waals surface area contributed by atoms with E-state index in [1.54, 1.807) is 38.1 Å². The Hall–Kier alpha value is -3.26. The fourth-order valence-corrected chi connectivity index (χ4v) is 4.31. The lowest BCUT2D eigenvalue weighted by Gasteiger charge is -2.38. The molecule has 0 amide bonds. The van der Waals surface area contributed by atoms with Gasteiger partial charge in [-0.1, -0.05) is 79.4 Å². The Balaban J connectivity index is 2.17. The van der Waals surface area contributed by atoms with Crippen molar-refractivity contribution in [2.75, 3.05) is 0 Å². The Kier molecular flexibility index (Phi) is 5.26. The smallest absolute Gasteiger partial charge is 0.126 e. The van der Waals surface area contributed by atoms with Crippen LogP contribution in [0, 0.1) is 25.5 Å². The summed E-state index contributed by atoms with van der Waals surface area (Å²) in [6.07, 6.45) is 8.68. The normalized spacial score (nSPS) is 17.4. The monoisotopic (exact) mass is 398 g/mol. The van der Waals surface area contributed by atoms with Gasteiger partial charge < -0.3 is 0 Å². The van der Waals surface area contributed by atoms with Crippen molar-refractivity contribution in [2.24, 2.45) is 0 Å². The van der Waals surface area contributed by atoms with Gasteiger partial charge in [0.15, 0.2) is 0 Å². The third-order valence-corrected chi connectivity index (χ3v) is 6.00. The Morgan fingerprint density at radius 1 is 0.800 bits per heavy atom.